The molecule has 26 heavy (non-hydrogen) atoms. The van der Waals surface area contributed by atoms with E-state index < -0.39 is 36.6 Å². The van der Waals surface area contributed by atoms with Crippen molar-refractivity contribution < 1.29 is 29.0 Å². The minimum absolute atomic E-state index is 0.00500. The van der Waals surface area contributed by atoms with Crippen LogP contribution in [0.2, 0.25) is 0 Å². The predicted octanol–water partition coefficient (Wildman–Crippen LogP) is -0.387. The zero-order valence-corrected chi connectivity index (χ0v) is 14.4. The molecule has 5 N–H and O–H groups in total. The number of amides is 3. The first-order chi connectivity index (χ1) is 12.3. The lowest BCUT2D eigenvalue weighted by Crippen LogP contribution is -2.54. The molecule has 3 amide bonds. The number of nitrogens with one attached hydrogen (secondary N) is 2. The van der Waals surface area contributed by atoms with Crippen LogP contribution in [0.3, 0.4) is 0 Å². The van der Waals surface area contributed by atoms with Crippen LogP contribution in [-0.4, -0.2) is 47.5 Å². The van der Waals surface area contributed by atoms with E-state index >= 15 is 0 Å². The Kier molecular flexibility index (Phi) is 8.79. The molecule has 0 fully saturated rings. The highest BCUT2D eigenvalue weighted by atomic mass is 16.5. The topological polar surface area (TPSA) is 148 Å². The van der Waals surface area contributed by atoms with Crippen molar-refractivity contribution in [2.24, 2.45) is 5.73 Å². The average Bonchev–Trinajstić information content (AvgIpc) is 2.61. The summed E-state index contributed by atoms with van der Waals surface area (Å²) in [6.07, 6.45) is -0.806. The van der Waals surface area contributed by atoms with Gasteiger partial charge in [-0.2, -0.15) is 0 Å². The van der Waals surface area contributed by atoms with E-state index in [0.29, 0.717) is 0 Å². The molecule has 9 nitrogen and oxygen atoms in total. The second-order valence-corrected chi connectivity index (χ2v) is 5.65. The Labute approximate surface area is 150 Å². The maximum Gasteiger partial charge on any atom is 0.408 e. The van der Waals surface area contributed by atoms with Gasteiger partial charge in [0.2, 0.25) is 11.8 Å². The highest BCUT2D eigenvalue weighted by Gasteiger charge is 2.25. The Morgan fingerprint density at radius 1 is 1.12 bits per heavy atom. The van der Waals surface area contributed by atoms with Gasteiger partial charge < -0.3 is 31.0 Å². The number of carbonyl (C=O) groups is 4. The van der Waals surface area contributed by atoms with Gasteiger partial charge in [0.1, 0.15) is 24.5 Å². The first kappa shape index (κ1) is 21.1. The second-order valence-electron chi connectivity index (χ2n) is 5.65. The van der Waals surface area contributed by atoms with Crippen LogP contribution >= 0.6 is 0 Å². The lowest BCUT2D eigenvalue weighted by molar-refractivity contribution is -0.129. The van der Waals surface area contributed by atoms with Crippen molar-refractivity contribution >= 4 is 23.7 Å². The van der Waals surface area contributed by atoms with Gasteiger partial charge in [0.25, 0.3) is 0 Å². The van der Waals surface area contributed by atoms with Gasteiger partial charge in [0.05, 0.1) is 6.61 Å². The summed E-state index contributed by atoms with van der Waals surface area (Å²) in [7, 11) is 0. The fraction of sp³-hybridized carbons (Fsp3) is 0.412. The van der Waals surface area contributed by atoms with Crippen LogP contribution < -0.4 is 16.4 Å². The Balaban J connectivity index is 2.54. The zero-order valence-electron chi connectivity index (χ0n) is 14.4. The number of ketones is 1. The van der Waals surface area contributed by atoms with E-state index in [1.807, 2.05) is 6.07 Å². The second kappa shape index (κ2) is 10.8. The van der Waals surface area contributed by atoms with Gasteiger partial charge in [-0.3, -0.25) is 9.59 Å². The fourth-order valence-corrected chi connectivity index (χ4v) is 2.01. The summed E-state index contributed by atoms with van der Waals surface area (Å²) in [6, 6.07) is 6.50. The molecule has 0 unspecified atom stereocenters. The first-order valence-electron chi connectivity index (χ1n) is 8.00. The largest absolute Gasteiger partial charge is 0.445 e. The van der Waals surface area contributed by atoms with Crippen molar-refractivity contribution in [2.45, 2.75) is 38.5 Å². The van der Waals surface area contributed by atoms with E-state index in [4.69, 9.17) is 10.5 Å². The summed E-state index contributed by atoms with van der Waals surface area (Å²) in [5.41, 5.74) is 5.94. The van der Waals surface area contributed by atoms with Gasteiger partial charge in [-0.25, -0.2) is 4.79 Å². The molecule has 9 heteroatoms. The van der Waals surface area contributed by atoms with Gasteiger partial charge in [-0.1, -0.05) is 30.3 Å². The van der Waals surface area contributed by atoms with Crippen molar-refractivity contribution in [3.8, 4) is 0 Å². The number of primary amides is 1. The van der Waals surface area contributed by atoms with Gasteiger partial charge >= 0.3 is 6.09 Å². The third-order valence-corrected chi connectivity index (χ3v) is 3.45. The van der Waals surface area contributed by atoms with Crippen molar-refractivity contribution in [3.05, 3.63) is 35.9 Å². The third kappa shape index (κ3) is 7.75. The molecule has 0 saturated heterocycles. The lowest BCUT2D eigenvalue weighted by atomic mass is 10.1. The monoisotopic (exact) mass is 365 g/mol. The molecule has 0 bridgehead atoms. The van der Waals surface area contributed by atoms with Gasteiger partial charge in [-0.05, 0) is 18.9 Å². The van der Waals surface area contributed by atoms with Crippen LogP contribution in [0.1, 0.15) is 25.3 Å². The molecule has 1 aromatic carbocycles. The van der Waals surface area contributed by atoms with Crippen LogP contribution in [0, 0.1) is 0 Å². The molecule has 0 aromatic heterocycles. The Morgan fingerprint density at radius 3 is 2.31 bits per heavy atom. The first-order valence-corrected chi connectivity index (χ1v) is 8.00. The normalized spacial score (nSPS) is 12.5. The summed E-state index contributed by atoms with van der Waals surface area (Å²) < 4.78 is 4.96. The van der Waals surface area contributed by atoms with Crippen LogP contribution in [0.5, 0.6) is 0 Å². The molecule has 0 aliphatic rings. The Morgan fingerprint density at radius 2 is 1.77 bits per heavy atom. The zero-order chi connectivity index (χ0) is 19.5. The molecule has 0 aliphatic heterocycles. The van der Waals surface area contributed by atoms with Gasteiger partial charge in [-0.15, -0.1) is 0 Å². The standard InChI is InChI=1S/C17H23N3O6/c1-11(22)7-8-13(15(18)23)19-16(24)14(9-21)20-17(25)26-10-12-5-3-2-4-6-12/h2-6,13-14,21H,7-10H2,1H3,(H2,18,23)(H,19,24)(H,20,25)/t13-,14+/m1/s1. The van der Waals surface area contributed by atoms with Crippen LogP contribution in [-0.2, 0) is 25.7 Å². The van der Waals surface area contributed by atoms with Crippen molar-refractivity contribution in [3.63, 3.8) is 0 Å². The molecule has 0 saturated carbocycles. The molecule has 0 spiro atoms. The number of alkyl carbamates (subject to hydrolysis) is 1. The number of rotatable bonds is 10. The third-order valence-electron chi connectivity index (χ3n) is 3.45. The summed E-state index contributed by atoms with van der Waals surface area (Å²) in [6.45, 7) is 0.639. The number of aliphatic hydroxyl groups excluding tert-OH is 1. The minimum Gasteiger partial charge on any atom is -0.445 e. The van der Waals surface area contributed by atoms with E-state index in [9.17, 15) is 24.3 Å². The molecule has 0 aliphatic carbocycles. The molecule has 1 rings (SSSR count). The van der Waals surface area contributed by atoms with E-state index in [2.05, 4.69) is 10.6 Å². The SMILES string of the molecule is CC(=O)CC[C@@H](NC(=O)[C@H](CO)NC(=O)OCc1ccccc1)C(N)=O. The number of ether oxygens (including phenoxy) is 1. The fourth-order valence-electron chi connectivity index (χ4n) is 2.01. The predicted molar refractivity (Wildman–Crippen MR) is 91.7 cm³/mol. The van der Waals surface area contributed by atoms with Crippen molar-refractivity contribution in [1.82, 2.24) is 10.6 Å². The maximum atomic E-state index is 12.1. The number of hydrogen-bond donors (Lipinski definition) is 4. The summed E-state index contributed by atoms with van der Waals surface area (Å²) in [5, 5.41) is 13.8. The molecule has 1 aromatic rings. The van der Waals surface area contributed by atoms with Gasteiger partial charge in [0, 0.05) is 6.42 Å². The minimum atomic E-state index is -1.32. The van der Waals surface area contributed by atoms with Gasteiger partial charge in [0.15, 0.2) is 0 Å². The smallest absolute Gasteiger partial charge is 0.408 e. The number of Topliss-reactive ketones (excluding diaryl/α,β-unsaturated/α-hetero) is 1. The molecule has 142 valence electrons. The highest BCUT2D eigenvalue weighted by molar-refractivity contribution is 5.91. The molecule has 2 atom stereocenters. The van der Waals surface area contributed by atoms with E-state index in [0.717, 1.165) is 5.56 Å². The Bertz CT molecular complexity index is 635. The van der Waals surface area contributed by atoms with Crippen molar-refractivity contribution in [1.29, 1.82) is 0 Å². The molecule has 0 radical (unpaired) electrons. The average molecular weight is 365 g/mol. The number of carbonyl (C=O) groups excluding carboxylic acids is 4. The number of hydrogen-bond acceptors (Lipinski definition) is 6. The maximum absolute atomic E-state index is 12.1. The highest BCUT2D eigenvalue weighted by Crippen LogP contribution is 2.02. The van der Waals surface area contributed by atoms with E-state index in [1.165, 1.54) is 6.92 Å². The number of aliphatic hydroxyl groups is 1. The molecule has 0 heterocycles. The summed E-state index contributed by atoms with van der Waals surface area (Å²) in [5.74, 6) is -1.79. The molecular formula is C17H23N3O6. The molecular weight excluding hydrogens is 342 g/mol. The Hall–Kier alpha value is -2.94. The lowest BCUT2D eigenvalue weighted by Gasteiger charge is -2.20. The van der Waals surface area contributed by atoms with Crippen LogP contribution in [0.4, 0.5) is 4.79 Å². The number of nitrogens with two attached hydrogens (primary N) is 1. The summed E-state index contributed by atoms with van der Waals surface area (Å²) in [4.78, 5) is 46.2. The van der Waals surface area contributed by atoms with Crippen LogP contribution in [0.25, 0.3) is 0 Å². The van der Waals surface area contributed by atoms with Crippen LogP contribution in [0.15, 0.2) is 30.3 Å². The number of benzene rings is 1. The van der Waals surface area contributed by atoms with Crippen molar-refractivity contribution in [2.75, 3.05) is 6.61 Å². The quantitative estimate of drug-likeness (QED) is 0.444. The van der Waals surface area contributed by atoms with E-state index in [1.54, 1.807) is 24.3 Å². The summed E-state index contributed by atoms with van der Waals surface area (Å²) >= 11 is 0. The van der Waals surface area contributed by atoms with E-state index in [-0.39, 0.29) is 25.2 Å².